The molecule has 3 heterocycles. The Bertz CT molecular complexity index is 582. The van der Waals surface area contributed by atoms with E-state index in [1.54, 1.807) is 11.3 Å². The van der Waals surface area contributed by atoms with Crippen LogP contribution in [-0.2, 0) is 11.2 Å². The number of carbonyl (C=O) groups is 1. The van der Waals surface area contributed by atoms with Crippen LogP contribution in [0.3, 0.4) is 0 Å². The number of hydrogen-bond acceptors (Lipinski definition) is 4. The Morgan fingerprint density at radius 1 is 1.57 bits per heavy atom. The molecule has 2 unspecified atom stereocenters. The van der Waals surface area contributed by atoms with Crippen LogP contribution in [0, 0.1) is 5.92 Å². The molecule has 21 heavy (non-hydrogen) atoms. The number of aromatic nitrogens is 2. The zero-order valence-electron chi connectivity index (χ0n) is 12.1. The Morgan fingerprint density at radius 3 is 3.10 bits per heavy atom. The first kappa shape index (κ1) is 16.3. The molecule has 1 aliphatic heterocycles. The predicted molar refractivity (Wildman–Crippen MR) is 87.0 cm³/mol. The van der Waals surface area contributed by atoms with Gasteiger partial charge in [0.15, 0.2) is 4.96 Å². The molecule has 2 N–H and O–H groups in total. The van der Waals surface area contributed by atoms with E-state index in [9.17, 15) is 4.79 Å². The van der Waals surface area contributed by atoms with Crippen molar-refractivity contribution in [1.82, 2.24) is 14.3 Å². The molecule has 1 saturated heterocycles. The third-order valence-electron chi connectivity index (χ3n) is 4.05. The average Bonchev–Trinajstić information content (AvgIpc) is 2.99. The number of carbonyl (C=O) groups excluding carboxylic acids is 1. The number of piperidine rings is 1. The SMILES string of the molecule is CC1CCN(C(=O)Cc2cn3ccsc3n2)C(CN)C1.Cl. The van der Waals surface area contributed by atoms with Crippen LogP contribution < -0.4 is 5.73 Å². The van der Waals surface area contributed by atoms with Gasteiger partial charge in [-0.2, -0.15) is 0 Å². The first-order valence-corrected chi connectivity index (χ1v) is 7.96. The van der Waals surface area contributed by atoms with Crippen LogP contribution in [0.15, 0.2) is 17.8 Å². The molecule has 5 nitrogen and oxygen atoms in total. The van der Waals surface area contributed by atoms with Gasteiger partial charge < -0.3 is 10.6 Å². The van der Waals surface area contributed by atoms with Gasteiger partial charge in [-0.1, -0.05) is 6.92 Å². The van der Waals surface area contributed by atoms with E-state index in [2.05, 4.69) is 11.9 Å². The normalized spacial score (nSPS) is 22.3. The molecule has 2 aromatic heterocycles. The predicted octanol–water partition coefficient (Wildman–Crippen LogP) is 1.95. The third-order valence-corrected chi connectivity index (χ3v) is 4.82. The van der Waals surface area contributed by atoms with E-state index in [-0.39, 0.29) is 24.4 Å². The maximum absolute atomic E-state index is 12.5. The number of halogens is 1. The lowest BCUT2D eigenvalue weighted by Gasteiger charge is -2.38. The van der Waals surface area contributed by atoms with E-state index < -0.39 is 0 Å². The van der Waals surface area contributed by atoms with Crippen LogP contribution in [-0.4, -0.2) is 39.3 Å². The molecule has 2 atom stereocenters. The number of nitrogens with two attached hydrogens (primary N) is 1. The molecule has 0 bridgehead atoms. The lowest BCUT2D eigenvalue weighted by molar-refractivity contribution is -0.134. The molecular formula is C14H21ClN4OS. The third kappa shape index (κ3) is 3.39. The highest BCUT2D eigenvalue weighted by Gasteiger charge is 2.29. The smallest absolute Gasteiger partial charge is 0.228 e. The first-order chi connectivity index (χ1) is 9.67. The summed E-state index contributed by atoms with van der Waals surface area (Å²) in [4.78, 5) is 19.8. The van der Waals surface area contributed by atoms with Crippen molar-refractivity contribution < 1.29 is 4.79 Å². The van der Waals surface area contributed by atoms with Crippen LogP contribution >= 0.6 is 23.7 Å². The summed E-state index contributed by atoms with van der Waals surface area (Å²) in [7, 11) is 0. The van der Waals surface area contributed by atoms with E-state index in [1.807, 2.05) is 27.1 Å². The molecule has 1 fully saturated rings. The zero-order valence-corrected chi connectivity index (χ0v) is 13.7. The summed E-state index contributed by atoms with van der Waals surface area (Å²) in [6.07, 6.45) is 6.36. The summed E-state index contributed by atoms with van der Waals surface area (Å²) >= 11 is 1.58. The molecular weight excluding hydrogens is 308 g/mol. The van der Waals surface area contributed by atoms with Crippen molar-refractivity contribution in [2.45, 2.75) is 32.2 Å². The van der Waals surface area contributed by atoms with Crippen molar-refractivity contribution in [2.75, 3.05) is 13.1 Å². The number of nitrogens with zero attached hydrogens (tertiary/aromatic N) is 3. The van der Waals surface area contributed by atoms with E-state index in [4.69, 9.17) is 5.73 Å². The highest BCUT2D eigenvalue weighted by molar-refractivity contribution is 7.15. The van der Waals surface area contributed by atoms with E-state index >= 15 is 0 Å². The minimum absolute atomic E-state index is 0. The van der Waals surface area contributed by atoms with Crippen LogP contribution in [0.25, 0.3) is 4.96 Å². The number of amides is 1. The van der Waals surface area contributed by atoms with Gasteiger partial charge in [0.25, 0.3) is 0 Å². The minimum Gasteiger partial charge on any atom is -0.338 e. The lowest BCUT2D eigenvalue weighted by atomic mass is 9.92. The first-order valence-electron chi connectivity index (χ1n) is 7.08. The fourth-order valence-corrected chi connectivity index (χ4v) is 3.64. The van der Waals surface area contributed by atoms with E-state index in [1.165, 1.54) is 0 Å². The van der Waals surface area contributed by atoms with Gasteiger partial charge >= 0.3 is 0 Å². The van der Waals surface area contributed by atoms with Crippen LogP contribution in [0.4, 0.5) is 0 Å². The number of thiazole rings is 1. The quantitative estimate of drug-likeness (QED) is 0.936. The minimum atomic E-state index is 0. The molecule has 0 radical (unpaired) electrons. The Kier molecular flexibility index (Phi) is 5.24. The fourth-order valence-electron chi connectivity index (χ4n) is 2.92. The molecule has 116 valence electrons. The molecule has 0 aliphatic carbocycles. The second-order valence-corrected chi connectivity index (χ2v) is 6.48. The van der Waals surface area contributed by atoms with Crippen molar-refractivity contribution in [3.63, 3.8) is 0 Å². The molecule has 1 aliphatic rings. The summed E-state index contributed by atoms with van der Waals surface area (Å²) in [6.45, 7) is 3.60. The van der Waals surface area contributed by atoms with Crippen molar-refractivity contribution in [3.05, 3.63) is 23.5 Å². The Balaban J connectivity index is 0.00000161. The monoisotopic (exact) mass is 328 g/mol. The average molecular weight is 329 g/mol. The molecule has 3 rings (SSSR count). The fraction of sp³-hybridized carbons (Fsp3) is 0.571. The van der Waals surface area contributed by atoms with Crippen LogP contribution in [0.1, 0.15) is 25.5 Å². The number of imidazole rings is 1. The Labute approximate surface area is 134 Å². The Hall–Kier alpha value is -1.11. The molecule has 0 aromatic carbocycles. The summed E-state index contributed by atoms with van der Waals surface area (Å²) < 4.78 is 1.96. The summed E-state index contributed by atoms with van der Waals surface area (Å²) in [5, 5.41) is 1.99. The maximum Gasteiger partial charge on any atom is 0.228 e. The molecule has 1 amide bonds. The van der Waals surface area contributed by atoms with Gasteiger partial charge in [0.05, 0.1) is 12.1 Å². The van der Waals surface area contributed by atoms with Crippen LogP contribution in [0.2, 0.25) is 0 Å². The topological polar surface area (TPSA) is 63.6 Å². The molecule has 0 saturated carbocycles. The zero-order chi connectivity index (χ0) is 14.1. The van der Waals surface area contributed by atoms with Gasteiger partial charge in [0.2, 0.25) is 5.91 Å². The van der Waals surface area contributed by atoms with Crippen molar-refractivity contribution in [3.8, 4) is 0 Å². The number of likely N-dealkylation sites (tertiary alicyclic amines) is 1. The highest BCUT2D eigenvalue weighted by Crippen LogP contribution is 2.23. The standard InChI is InChI=1S/C14H20N4OS.ClH/c1-10-2-3-18(12(6-10)8-15)13(19)7-11-9-17-4-5-20-14(17)16-11;/h4-5,9-10,12H,2-3,6-8,15H2,1H3;1H. The van der Waals surface area contributed by atoms with Gasteiger partial charge in [-0.05, 0) is 18.8 Å². The second-order valence-electron chi connectivity index (χ2n) is 5.61. The van der Waals surface area contributed by atoms with Gasteiger partial charge in [0.1, 0.15) is 0 Å². The second kappa shape index (κ2) is 6.77. The van der Waals surface area contributed by atoms with Gasteiger partial charge in [0, 0.05) is 36.9 Å². The number of fused-ring (bicyclic) bond motifs is 1. The molecule has 2 aromatic rings. The summed E-state index contributed by atoms with van der Waals surface area (Å²) in [6, 6.07) is 0.190. The highest BCUT2D eigenvalue weighted by atomic mass is 35.5. The largest absolute Gasteiger partial charge is 0.338 e. The van der Waals surface area contributed by atoms with Crippen molar-refractivity contribution >= 4 is 34.6 Å². The lowest BCUT2D eigenvalue weighted by Crippen LogP contribution is -2.49. The van der Waals surface area contributed by atoms with Gasteiger partial charge in [-0.25, -0.2) is 4.98 Å². The number of hydrogen-bond donors (Lipinski definition) is 1. The van der Waals surface area contributed by atoms with E-state index in [0.29, 0.717) is 18.9 Å². The van der Waals surface area contributed by atoms with Gasteiger partial charge in [-0.15, -0.1) is 23.7 Å². The van der Waals surface area contributed by atoms with Crippen molar-refractivity contribution in [2.24, 2.45) is 11.7 Å². The molecule has 0 spiro atoms. The Morgan fingerprint density at radius 2 is 2.38 bits per heavy atom. The van der Waals surface area contributed by atoms with E-state index in [0.717, 1.165) is 30.0 Å². The molecule has 7 heteroatoms. The number of rotatable bonds is 3. The van der Waals surface area contributed by atoms with Crippen molar-refractivity contribution in [1.29, 1.82) is 0 Å². The summed E-state index contributed by atoms with van der Waals surface area (Å²) in [5.74, 6) is 0.809. The maximum atomic E-state index is 12.5. The van der Waals surface area contributed by atoms with Gasteiger partial charge in [-0.3, -0.25) is 9.20 Å². The van der Waals surface area contributed by atoms with Crippen LogP contribution in [0.5, 0.6) is 0 Å². The summed E-state index contributed by atoms with van der Waals surface area (Å²) in [5.41, 5.74) is 6.66.